The van der Waals surface area contributed by atoms with Gasteiger partial charge in [0, 0.05) is 31.0 Å². The zero-order valence-electron chi connectivity index (χ0n) is 14.3. The molecule has 0 unspecified atom stereocenters. The minimum absolute atomic E-state index is 0.0822. The van der Waals surface area contributed by atoms with Gasteiger partial charge < -0.3 is 15.2 Å². The van der Waals surface area contributed by atoms with Crippen LogP contribution in [0, 0.1) is 0 Å². The first-order valence-corrected chi connectivity index (χ1v) is 8.51. The topological polar surface area (TPSA) is 61.0 Å². The summed E-state index contributed by atoms with van der Waals surface area (Å²) in [6.07, 6.45) is -0.0964. The van der Waals surface area contributed by atoms with Crippen molar-refractivity contribution >= 4 is 22.5 Å². The van der Waals surface area contributed by atoms with E-state index < -0.39 is 11.7 Å². The number of hydrogen-bond donors (Lipinski definition) is 2. The third-order valence-corrected chi connectivity index (χ3v) is 4.65. The number of nitrogens with one attached hydrogen (secondary N) is 2. The molecule has 0 saturated carbocycles. The molecule has 0 bridgehead atoms. The van der Waals surface area contributed by atoms with Gasteiger partial charge in [0.15, 0.2) is 0 Å². The van der Waals surface area contributed by atoms with Gasteiger partial charge in [0.1, 0.15) is 0 Å². The first-order chi connectivity index (χ1) is 12.9. The Labute approximate surface area is 153 Å². The molecule has 1 amide bonds. The van der Waals surface area contributed by atoms with E-state index >= 15 is 0 Å². The Kier molecular flexibility index (Phi) is 4.25. The average Bonchev–Trinajstić information content (AvgIpc) is 3.05. The van der Waals surface area contributed by atoms with Crippen molar-refractivity contribution in [3.63, 3.8) is 0 Å². The van der Waals surface area contributed by atoms with Gasteiger partial charge in [-0.15, -0.1) is 0 Å². The summed E-state index contributed by atoms with van der Waals surface area (Å²) >= 11 is 0. The van der Waals surface area contributed by atoms with Crippen LogP contribution in [0.5, 0.6) is 0 Å². The molecule has 5 nitrogen and oxygen atoms in total. The van der Waals surface area contributed by atoms with Crippen molar-refractivity contribution in [2.24, 2.45) is 0 Å². The Bertz CT molecular complexity index is 976. The van der Waals surface area contributed by atoms with Crippen LogP contribution < -0.4 is 10.2 Å². The number of carbonyl (C=O) groups is 1. The molecule has 8 heteroatoms. The molecule has 2 N–H and O–H groups in total. The van der Waals surface area contributed by atoms with Crippen molar-refractivity contribution in [3.05, 3.63) is 60.0 Å². The van der Waals surface area contributed by atoms with E-state index in [0.717, 1.165) is 28.7 Å². The lowest BCUT2D eigenvalue weighted by Gasteiger charge is -2.41. The third-order valence-electron chi connectivity index (χ3n) is 4.65. The monoisotopic (exact) mass is 374 g/mol. The van der Waals surface area contributed by atoms with Crippen LogP contribution in [0.25, 0.3) is 10.9 Å². The highest BCUT2D eigenvalue weighted by Gasteiger charge is 2.33. The van der Waals surface area contributed by atoms with E-state index in [9.17, 15) is 18.0 Å². The van der Waals surface area contributed by atoms with Crippen molar-refractivity contribution < 1.29 is 18.0 Å². The van der Waals surface area contributed by atoms with Crippen LogP contribution in [0.2, 0.25) is 0 Å². The van der Waals surface area contributed by atoms with E-state index in [1.54, 1.807) is 4.90 Å². The maximum atomic E-state index is 12.8. The molecule has 3 aromatic rings. The fourth-order valence-electron chi connectivity index (χ4n) is 3.21. The number of hydrogen-bond acceptors (Lipinski definition) is 3. The van der Waals surface area contributed by atoms with Crippen LogP contribution in [0.1, 0.15) is 11.1 Å². The Morgan fingerprint density at radius 2 is 2.04 bits per heavy atom. The van der Waals surface area contributed by atoms with Gasteiger partial charge in [-0.3, -0.25) is 9.78 Å². The summed E-state index contributed by atoms with van der Waals surface area (Å²) in [5.74, 6) is -0.104. The molecule has 140 valence electrons. The number of aromatic amines is 1. The summed E-state index contributed by atoms with van der Waals surface area (Å²) in [5.41, 5.74) is 1.52. The van der Waals surface area contributed by atoms with Crippen LogP contribution in [0.4, 0.5) is 18.9 Å². The van der Waals surface area contributed by atoms with Gasteiger partial charge in [0.05, 0.1) is 29.9 Å². The zero-order chi connectivity index (χ0) is 19.0. The number of amides is 1. The highest BCUT2D eigenvalue weighted by Crippen LogP contribution is 2.31. The van der Waals surface area contributed by atoms with Crippen molar-refractivity contribution in [1.29, 1.82) is 0 Å². The second kappa shape index (κ2) is 6.61. The first kappa shape index (κ1) is 17.4. The Hall–Kier alpha value is -3.03. The Morgan fingerprint density at radius 3 is 2.81 bits per heavy atom. The number of fused-ring (bicyclic) bond motifs is 1. The molecule has 4 rings (SSSR count). The van der Waals surface area contributed by atoms with Gasteiger partial charge in [-0.1, -0.05) is 12.1 Å². The van der Waals surface area contributed by atoms with Crippen LogP contribution in [-0.4, -0.2) is 35.0 Å². The van der Waals surface area contributed by atoms with Crippen molar-refractivity contribution in [1.82, 2.24) is 15.3 Å². The fourth-order valence-corrected chi connectivity index (χ4v) is 3.21. The lowest BCUT2D eigenvalue weighted by molar-refractivity contribution is -0.137. The average molecular weight is 374 g/mol. The van der Waals surface area contributed by atoms with Gasteiger partial charge in [-0.2, -0.15) is 13.2 Å². The van der Waals surface area contributed by atoms with Gasteiger partial charge in [0.25, 0.3) is 0 Å². The first-order valence-electron chi connectivity index (χ1n) is 8.51. The van der Waals surface area contributed by atoms with Crippen LogP contribution in [-0.2, 0) is 17.4 Å². The molecule has 1 aromatic carbocycles. The summed E-state index contributed by atoms with van der Waals surface area (Å²) < 4.78 is 38.3. The number of alkyl halides is 3. The minimum atomic E-state index is -4.41. The molecule has 3 heterocycles. The third kappa shape index (κ3) is 3.74. The highest BCUT2D eigenvalue weighted by molar-refractivity contribution is 5.83. The van der Waals surface area contributed by atoms with E-state index in [1.165, 1.54) is 6.20 Å². The molecule has 0 spiro atoms. The van der Waals surface area contributed by atoms with Gasteiger partial charge in [-0.25, -0.2) is 0 Å². The molecule has 1 saturated heterocycles. The standard InChI is InChI=1S/C19H17F3N4O/c20-19(21,22)14-7-16(9-23-8-14)26-10-15(11-26)25-18(27)6-12-1-2-13-3-4-24-17(13)5-12/h1-5,7-9,15,24H,6,10-11H2,(H,25,27). The zero-order valence-corrected chi connectivity index (χ0v) is 14.3. The Morgan fingerprint density at radius 1 is 1.22 bits per heavy atom. The summed E-state index contributed by atoms with van der Waals surface area (Å²) in [5, 5.41) is 4.00. The summed E-state index contributed by atoms with van der Waals surface area (Å²) in [6.45, 7) is 0.925. The number of H-pyrrole nitrogens is 1. The second-order valence-corrected chi connectivity index (χ2v) is 6.68. The number of halogens is 3. The van der Waals surface area contributed by atoms with Gasteiger partial charge >= 0.3 is 6.18 Å². The number of benzene rings is 1. The van der Waals surface area contributed by atoms with Crippen molar-refractivity contribution in [2.45, 2.75) is 18.6 Å². The maximum absolute atomic E-state index is 12.8. The number of nitrogens with zero attached hydrogens (tertiary/aromatic N) is 2. The lowest BCUT2D eigenvalue weighted by atomic mass is 10.1. The van der Waals surface area contributed by atoms with E-state index in [0.29, 0.717) is 18.8 Å². The summed E-state index contributed by atoms with van der Waals surface area (Å²) in [4.78, 5) is 20.8. The predicted molar refractivity (Wildman–Crippen MR) is 95.4 cm³/mol. The molecule has 0 atom stereocenters. The van der Waals surface area contributed by atoms with Gasteiger partial charge in [-0.05, 0) is 29.1 Å². The van der Waals surface area contributed by atoms with Crippen molar-refractivity contribution in [3.8, 4) is 0 Å². The molecule has 0 radical (unpaired) electrons. The smallest absolute Gasteiger partial charge is 0.366 e. The molecule has 1 aliphatic heterocycles. The van der Waals surface area contributed by atoms with E-state index in [2.05, 4.69) is 15.3 Å². The number of pyridine rings is 1. The largest absolute Gasteiger partial charge is 0.417 e. The van der Waals surface area contributed by atoms with Crippen LogP contribution in [0.3, 0.4) is 0 Å². The number of aromatic nitrogens is 2. The van der Waals surface area contributed by atoms with Gasteiger partial charge in [0.2, 0.25) is 5.91 Å². The fraction of sp³-hybridized carbons (Fsp3) is 0.263. The number of carbonyl (C=O) groups excluding carboxylic acids is 1. The molecule has 2 aromatic heterocycles. The second-order valence-electron chi connectivity index (χ2n) is 6.68. The highest BCUT2D eigenvalue weighted by atomic mass is 19.4. The van der Waals surface area contributed by atoms with Crippen molar-refractivity contribution in [2.75, 3.05) is 18.0 Å². The summed E-state index contributed by atoms with van der Waals surface area (Å²) in [7, 11) is 0. The molecular formula is C19H17F3N4O. The van der Waals surface area contributed by atoms with E-state index in [-0.39, 0.29) is 18.4 Å². The molecular weight excluding hydrogens is 357 g/mol. The molecule has 0 aliphatic carbocycles. The lowest BCUT2D eigenvalue weighted by Crippen LogP contribution is -2.59. The minimum Gasteiger partial charge on any atom is -0.366 e. The van der Waals surface area contributed by atoms with Crippen LogP contribution >= 0.6 is 0 Å². The SMILES string of the molecule is O=C(Cc1ccc2cc[nH]c2c1)NC1CN(c2cncc(C(F)(F)F)c2)C1. The predicted octanol–water partition coefficient (Wildman–Crippen LogP) is 3.13. The molecule has 1 aliphatic rings. The van der Waals surface area contributed by atoms with E-state index in [1.807, 2.05) is 30.5 Å². The molecule has 1 fully saturated rings. The Balaban J connectivity index is 1.31. The van der Waals surface area contributed by atoms with Crippen LogP contribution in [0.15, 0.2) is 48.9 Å². The maximum Gasteiger partial charge on any atom is 0.417 e. The molecule has 27 heavy (non-hydrogen) atoms. The quantitative estimate of drug-likeness (QED) is 0.738. The normalized spacial score (nSPS) is 15.0. The van der Waals surface area contributed by atoms with E-state index in [4.69, 9.17) is 0 Å². The number of anilines is 1. The number of rotatable bonds is 4. The summed E-state index contributed by atoms with van der Waals surface area (Å²) in [6, 6.07) is 8.77.